The molecule has 3 heteroatoms. The first-order valence-electron chi connectivity index (χ1n) is 10.1. The zero-order valence-electron chi connectivity index (χ0n) is 15.4. The van der Waals surface area contributed by atoms with E-state index in [-0.39, 0.29) is 0 Å². The lowest BCUT2D eigenvalue weighted by molar-refractivity contribution is 0.205. The molecule has 0 spiro atoms. The van der Waals surface area contributed by atoms with E-state index in [0.717, 1.165) is 18.8 Å². The maximum atomic E-state index is 6.01. The van der Waals surface area contributed by atoms with E-state index in [9.17, 15) is 0 Å². The van der Waals surface area contributed by atoms with Crippen molar-refractivity contribution in [2.45, 2.75) is 58.3 Å². The Bertz CT molecular complexity index is 497. The van der Waals surface area contributed by atoms with Crippen LogP contribution in [0.15, 0.2) is 18.2 Å². The van der Waals surface area contributed by atoms with Crippen LogP contribution in [0.2, 0.25) is 0 Å². The van der Waals surface area contributed by atoms with Crippen LogP contribution in [-0.4, -0.2) is 44.2 Å². The molecule has 24 heavy (non-hydrogen) atoms. The van der Waals surface area contributed by atoms with Gasteiger partial charge in [0.25, 0.3) is 0 Å². The van der Waals surface area contributed by atoms with Crippen molar-refractivity contribution in [3.63, 3.8) is 0 Å². The molecule has 0 unspecified atom stereocenters. The molecule has 3 rings (SSSR count). The summed E-state index contributed by atoms with van der Waals surface area (Å²) in [5.74, 6) is 1.06. The molecule has 134 valence electrons. The van der Waals surface area contributed by atoms with Crippen LogP contribution in [0, 0.1) is 0 Å². The van der Waals surface area contributed by atoms with Crippen molar-refractivity contribution in [2.24, 2.45) is 0 Å². The number of benzene rings is 1. The third-order valence-corrected chi connectivity index (χ3v) is 5.41. The van der Waals surface area contributed by atoms with Gasteiger partial charge in [-0.1, -0.05) is 26.2 Å². The number of unbranched alkanes of at least 4 members (excludes halogenated alkanes) is 2. The minimum Gasteiger partial charge on any atom is -0.494 e. The van der Waals surface area contributed by atoms with Crippen LogP contribution in [0.4, 0.5) is 5.69 Å². The maximum Gasteiger partial charge on any atom is 0.119 e. The first kappa shape index (κ1) is 17.6. The quantitative estimate of drug-likeness (QED) is 0.620. The van der Waals surface area contributed by atoms with Crippen molar-refractivity contribution < 1.29 is 4.74 Å². The van der Waals surface area contributed by atoms with Crippen molar-refractivity contribution >= 4 is 5.69 Å². The fraction of sp³-hybridized carbons (Fsp3) is 0.714. The molecule has 0 radical (unpaired) electrons. The molecule has 0 atom stereocenters. The second-order valence-electron chi connectivity index (χ2n) is 7.34. The number of ether oxygens (including phenoxy) is 1. The van der Waals surface area contributed by atoms with Crippen molar-refractivity contribution in [2.75, 3.05) is 44.2 Å². The van der Waals surface area contributed by atoms with Gasteiger partial charge in [0.1, 0.15) is 5.75 Å². The number of hydrogen-bond donors (Lipinski definition) is 0. The molecular formula is C21H34N2O. The highest BCUT2D eigenvalue weighted by Gasteiger charge is 2.19. The fourth-order valence-electron chi connectivity index (χ4n) is 3.98. The van der Waals surface area contributed by atoms with E-state index in [1.54, 1.807) is 0 Å². The van der Waals surface area contributed by atoms with Gasteiger partial charge in [-0.15, -0.1) is 0 Å². The molecular weight excluding hydrogens is 296 g/mol. The van der Waals surface area contributed by atoms with E-state index in [1.165, 1.54) is 88.9 Å². The molecule has 1 aromatic carbocycles. The molecule has 3 nitrogen and oxygen atoms in total. The molecule has 0 bridgehead atoms. The normalized spacial score (nSPS) is 18.0. The highest BCUT2D eigenvalue weighted by molar-refractivity contribution is 5.60. The predicted molar refractivity (Wildman–Crippen MR) is 102 cm³/mol. The number of nitrogens with zero attached hydrogens (tertiary/aromatic N) is 2. The van der Waals surface area contributed by atoms with Crippen LogP contribution in [0.1, 0.15) is 57.4 Å². The number of likely N-dealkylation sites (tertiary alicyclic amines) is 1. The number of hydrogen-bond acceptors (Lipinski definition) is 3. The second-order valence-corrected chi connectivity index (χ2v) is 7.34. The van der Waals surface area contributed by atoms with Crippen LogP contribution in [0.5, 0.6) is 5.75 Å². The molecule has 0 amide bonds. The first-order valence-corrected chi connectivity index (χ1v) is 10.1. The summed E-state index contributed by atoms with van der Waals surface area (Å²) in [5.41, 5.74) is 2.91. The molecule has 0 aliphatic carbocycles. The van der Waals surface area contributed by atoms with Crippen molar-refractivity contribution in [1.29, 1.82) is 0 Å². The third kappa shape index (κ3) is 4.89. The van der Waals surface area contributed by atoms with E-state index in [0.29, 0.717) is 0 Å². The lowest BCUT2D eigenvalue weighted by Crippen LogP contribution is -2.31. The summed E-state index contributed by atoms with van der Waals surface area (Å²) in [5, 5.41) is 0. The van der Waals surface area contributed by atoms with E-state index < -0.39 is 0 Å². The Morgan fingerprint density at radius 1 is 0.958 bits per heavy atom. The van der Waals surface area contributed by atoms with E-state index >= 15 is 0 Å². The van der Waals surface area contributed by atoms with Gasteiger partial charge >= 0.3 is 0 Å². The van der Waals surface area contributed by atoms with E-state index in [1.807, 2.05) is 0 Å². The van der Waals surface area contributed by atoms with Crippen LogP contribution in [0.25, 0.3) is 0 Å². The van der Waals surface area contributed by atoms with Crippen LogP contribution >= 0.6 is 0 Å². The van der Waals surface area contributed by atoms with Gasteiger partial charge in [-0.2, -0.15) is 0 Å². The molecule has 1 fully saturated rings. The molecule has 1 aromatic rings. The van der Waals surface area contributed by atoms with Gasteiger partial charge in [0.2, 0.25) is 0 Å². The third-order valence-electron chi connectivity index (χ3n) is 5.41. The molecule has 1 saturated heterocycles. The minimum atomic E-state index is 0.843. The number of anilines is 1. The maximum absolute atomic E-state index is 6.01. The Kier molecular flexibility index (Phi) is 6.83. The lowest BCUT2D eigenvalue weighted by Gasteiger charge is -2.26. The van der Waals surface area contributed by atoms with Gasteiger partial charge in [-0.3, -0.25) is 0 Å². The summed E-state index contributed by atoms with van der Waals surface area (Å²) in [7, 11) is 0. The molecule has 2 aliphatic heterocycles. The second kappa shape index (κ2) is 9.31. The summed E-state index contributed by atoms with van der Waals surface area (Å²) in [4.78, 5) is 5.13. The Morgan fingerprint density at radius 3 is 2.67 bits per heavy atom. The summed E-state index contributed by atoms with van der Waals surface area (Å²) in [6.45, 7) is 9.26. The monoisotopic (exact) mass is 330 g/mol. The lowest BCUT2D eigenvalue weighted by atomic mass is 10.1. The average Bonchev–Trinajstić information content (AvgIpc) is 3.02. The topological polar surface area (TPSA) is 15.7 Å². The zero-order valence-corrected chi connectivity index (χ0v) is 15.4. The number of rotatable bonds is 9. The summed E-state index contributed by atoms with van der Waals surface area (Å²) >= 11 is 0. The first-order chi connectivity index (χ1) is 11.9. The Morgan fingerprint density at radius 2 is 1.83 bits per heavy atom. The number of piperidine rings is 1. The molecule has 0 N–H and O–H groups in total. The van der Waals surface area contributed by atoms with Gasteiger partial charge in [-0.05, 0) is 69.0 Å². The molecule has 0 saturated carbocycles. The fourth-order valence-corrected chi connectivity index (χ4v) is 3.98. The predicted octanol–water partition coefficient (Wildman–Crippen LogP) is 4.49. The van der Waals surface area contributed by atoms with E-state index in [2.05, 4.69) is 34.9 Å². The highest BCUT2D eigenvalue weighted by atomic mass is 16.5. The smallest absolute Gasteiger partial charge is 0.119 e. The van der Waals surface area contributed by atoms with Crippen LogP contribution in [-0.2, 0) is 6.42 Å². The molecule has 2 aliphatic rings. The minimum absolute atomic E-state index is 0.843. The van der Waals surface area contributed by atoms with Crippen molar-refractivity contribution in [1.82, 2.24) is 4.90 Å². The van der Waals surface area contributed by atoms with Gasteiger partial charge in [0, 0.05) is 25.3 Å². The summed E-state index contributed by atoms with van der Waals surface area (Å²) in [6.07, 6.45) is 10.4. The van der Waals surface area contributed by atoms with Gasteiger partial charge in [-0.25, -0.2) is 0 Å². The summed E-state index contributed by atoms with van der Waals surface area (Å²) in [6, 6.07) is 6.71. The summed E-state index contributed by atoms with van der Waals surface area (Å²) < 4.78 is 6.01. The Labute approximate surface area is 148 Å². The molecule has 2 heterocycles. The van der Waals surface area contributed by atoms with Gasteiger partial charge < -0.3 is 14.5 Å². The largest absolute Gasteiger partial charge is 0.494 e. The average molecular weight is 331 g/mol. The Balaban J connectivity index is 1.41. The van der Waals surface area contributed by atoms with E-state index in [4.69, 9.17) is 4.74 Å². The zero-order chi connectivity index (χ0) is 16.6. The highest BCUT2D eigenvalue weighted by Crippen LogP contribution is 2.31. The van der Waals surface area contributed by atoms with Crippen LogP contribution < -0.4 is 9.64 Å². The standard InChI is InChI=1S/C21H34N2O/c1-2-3-5-15-23-16-11-19-18-20(9-10-21(19)23)24-17-8-14-22-12-6-4-7-13-22/h9-10,18H,2-8,11-17H2,1H3. The SMILES string of the molecule is CCCCCN1CCc2cc(OCCCN3CCCCC3)ccc21. The van der Waals surface area contributed by atoms with Crippen molar-refractivity contribution in [3.05, 3.63) is 23.8 Å². The van der Waals surface area contributed by atoms with Gasteiger partial charge in [0.15, 0.2) is 0 Å². The molecule has 0 aromatic heterocycles. The Hall–Kier alpha value is -1.22. The van der Waals surface area contributed by atoms with Gasteiger partial charge in [0.05, 0.1) is 6.61 Å². The van der Waals surface area contributed by atoms with Crippen LogP contribution in [0.3, 0.4) is 0 Å². The number of fused-ring (bicyclic) bond motifs is 1. The van der Waals surface area contributed by atoms with Crippen molar-refractivity contribution in [3.8, 4) is 5.75 Å².